The zero-order chi connectivity index (χ0) is 41.0. The van der Waals surface area contributed by atoms with E-state index in [1.807, 2.05) is 0 Å². The van der Waals surface area contributed by atoms with Crippen LogP contribution in [0.2, 0.25) is 0 Å². The van der Waals surface area contributed by atoms with Gasteiger partial charge < -0.3 is 0 Å². The Hall–Kier alpha value is -5.41. The van der Waals surface area contributed by atoms with Gasteiger partial charge in [0.25, 0.3) is 0 Å². The van der Waals surface area contributed by atoms with Crippen LogP contribution in [0.1, 0.15) is 105 Å². The maximum Gasteiger partial charge on any atom is 0.244 e. The second-order valence-corrected chi connectivity index (χ2v) is 21.4. The van der Waals surface area contributed by atoms with Gasteiger partial charge in [0, 0.05) is 21.5 Å². The molecule has 57 heavy (non-hydrogen) atoms. The third-order valence-corrected chi connectivity index (χ3v) is 12.8. The summed E-state index contributed by atoms with van der Waals surface area (Å²) in [4.78, 5) is 18.4. The molecule has 4 aromatic carbocycles. The molecule has 0 bridgehead atoms. The highest BCUT2D eigenvalue weighted by molar-refractivity contribution is 7.91. The van der Waals surface area contributed by atoms with Gasteiger partial charge in [-0.1, -0.05) is 107 Å². The first-order chi connectivity index (χ1) is 26.5. The van der Waals surface area contributed by atoms with Crippen LogP contribution in [0, 0.1) is 0 Å². The van der Waals surface area contributed by atoms with Crippen LogP contribution >= 0.6 is 0 Å². The number of hydrogen-bond acceptors (Lipinski definition) is 6. The summed E-state index contributed by atoms with van der Waals surface area (Å²) in [6.07, 6.45) is 5.69. The van der Waals surface area contributed by atoms with Crippen LogP contribution < -0.4 is 0 Å². The Labute approximate surface area is 336 Å². The van der Waals surface area contributed by atoms with Crippen molar-refractivity contribution in [3.63, 3.8) is 0 Å². The van der Waals surface area contributed by atoms with Crippen LogP contribution in [0.15, 0.2) is 108 Å². The first-order valence-corrected chi connectivity index (χ1v) is 21.1. The third kappa shape index (κ3) is 6.59. The Balaban J connectivity index is 1.18. The number of benzene rings is 4. The SMILES string of the molecule is CC(C)(C)c1ccc2c(c1)c1cc(C(C)(C)C)ccc1n2-c1cnc(S(=O)(=O)c2cnc(-n3c4ccc(C(C)(C)C)cc4c4cc(C(C)(C)C)ccc43)cn2)cn1. The molecule has 0 amide bonds. The van der Waals surface area contributed by atoms with E-state index in [4.69, 9.17) is 9.97 Å². The lowest BCUT2D eigenvalue weighted by atomic mass is 9.85. The van der Waals surface area contributed by atoms with Crippen molar-refractivity contribution in [2.75, 3.05) is 0 Å². The Morgan fingerprint density at radius 3 is 0.860 bits per heavy atom. The highest BCUT2D eigenvalue weighted by Gasteiger charge is 2.26. The molecule has 0 N–H and O–H groups in total. The standard InChI is InChI=1S/C48H52N6O2S/c1-45(2,3)29-13-17-37-33(21-29)34-22-30(46(4,5)6)14-18-38(34)53(37)41-25-51-43(27-49-41)57(55,56)44-28-50-42(26-52-44)54-39-19-15-31(47(7,8)9)23-35(39)36-24-32(48(10,11)12)16-20-40(36)54/h13-28H,1-12H3. The normalized spacial score (nSPS) is 13.4. The minimum absolute atomic E-state index is 0.0308. The third-order valence-electron chi connectivity index (χ3n) is 11.2. The Morgan fingerprint density at radius 1 is 0.386 bits per heavy atom. The van der Waals surface area contributed by atoms with Crippen molar-refractivity contribution >= 4 is 53.4 Å². The molecule has 8 rings (SSSR count). The van der Waals surface area contributed by atoms with Crippen LogP contribution in [0.5, 0.6) is 0 Å². The van der Waals surface area contributed by atoms with Gasteiger partial charge in [-0.25, -0.2) is 28.4 Å². The number of rotatable bonds is 4. The first kappa shape index (κ1) is 38.5. The maximum absolute atomic E-state index is 14.0. The van der Waals surface area contributed by atoms with Crippen LogP contribution in [-0.4, -0.2) is 37.5 Å². The molecule has 0 fully saturated rings. The zero-order valence-corrected chi connectivity index (χ0v) is 36.0. The largest absolute Gasteiger partial charge is 0.293 e. The van der Waals surface area contributed by atoms with Gasteiger partial charge in [0.15, 0.2) is 21.7 Å². The molecule has 4 aromatic heterocycles. The van der Waals surface area contributed by atoms with Crippen molar-refractivity contribution in [3.8, 4) is 11.6 Å². The number of aromatic nitrogens is 6. The average molecular weight is 777 g/mol. The summed E-state index contributed by atoms with van der Waals surface area (Å²) in [6.45, 7) is 26.6. The number of fused-ring (bicyclic) bond motifs is 6. The molecule has 0 spiro atoms. The molecule has 0 aliphatic carbocycles. The minimum atomic E-state index is -4.13. The monoisotopic (exact) mass is 776 g/mol. The van der Waals surface area contributed by atoms with Gasteiger partial charge in [-0.3, -0.25) is 9.13 Å². The van der Waals surface area contributed by atoms with Crippen molar-refractivity contribution in [1.29, 1.82) is 0 Å². The summed E-state index contributed by atoms with van der Waals surface area (Å²) in [6, 6.07) is 26.2. The summed E-state index contributed by atoms with van der Waals surface area (Å²) < 4.78 is 32.1. The van der Waals surface area contributed by atoms with Crippen LogP contribution in [0.3, 0.4) is 0 Å². The second kappa shape index (κ2) is 12.8. The quantitative estimate of drug-likeness (QED) is 0.177. The van der Waals surface area contributed by atoms with E-state index in [1.54, 1.807) is 0 Å². The van der Waals surface area contributed by atoms with Gasteiger partial charge >= 0.3 is 0 Å². The van der Waals surface area contributed by atoms with E-state index in [9.17, 15) is 8.42 Å². The number of nitrogens with zero attached hydrogens (tertiary/aromatic N) is 6. The maximum atomic E-state index is 14.0. The van der Waals surface area contributed by atoms with Gasteiger partial charge in [-0.2, -0.15) is 0 Å². The Morgan fingerprint density at radius 2 is 0.649 bits per heavy atom. The van der Waals surface area contributed by atoms with Gasteiger partial charge in [0.05, 0.1) is 46.9 Å². The lowest BCUT2D eigenvalue weighted by Gasteiger charge is -2.19. The summed E-state index contributed by atoms with van der Waals surface area (Å²) >= 11 is 0. The van der Waals surface area contributed by atoms with Gasteiger partial charge in [-0.15, -0.1) is 0 Å². The van der Waals surface area contributed by atoms with Gasteiger partial charge in [0.2, 0.25) is 9.84 Å². The lowest BCUT2D eigenvalue weighted by Crippen LogP contribution is -2.11. The predicted octanol–water partition coefficient (Wildman–Crippen LogP) is 11.5. The van der Waals surface area contributed by atoms with E-state index >= 15 is 0 Å². The molecule has 0 saturated heterocycles. The van der Waals surface area contributed by atoms with Crippen LogP contribution in [0.25, 0.3) is 55.2 Å². The number of sulfone groups is 1. The molecule has 4 heterocycles. The van der Waals surface area contributed by atoms with E-state index in [0.717, 1.165) is 43.6 Å². The Bertz CT molecular complexity index is 2640. The molecule has 0 aliphatic heterocycles. The zero-order valence-electron chi connectivity index (χ0n) is 35.1. The van der Waals surface area contributed by atoms with E-state index < -0.39 is 9.84 Å². The summed E-state index contributed by atoms with van der Waals surface area (Å²) in [5.74, 6) is 1.05. The molecule has 8 nitrogen and oxygen atoms in total. The highest BCUT2D eigenvalue weighted by atomic mass is 32.2. The fourth-order valence-electron chi connectivity index (χ4n) is 7.64. The molecule has 0 atom stereocenters. The molecular weight excluding hydrogens is 725 g/mol. The molecule has 8 aromatic rings. The summed E-state index contributed by atoms with van der Waals surface area (Å²) in [7, 11) is -4.13. The van der Waals surface area contributed by atoms with E-state index in [1.165, 1.54) is 47.0 Å². The van der Waals surface area contributed by atoms with Gasteiger partial charge in [0.1, 0.15) is 0 Å². The van der Waals surface area contributed by atoms with E-state index in [-0.39, 0.29) is 31.7 Å². The second-order valence-electron chi connectivity index (χ2n) is 19.5. The van der Waals surface area contributed by atoms with Crippen molar-refractivity contribution in [1.82, 2.24) is 29.1 Å². The molecule has 9 heteroatoms. The molecular formula is C48H52N6O2S. The van der Waals surface area contributed by atoms with Crippen LogP contribution in [0.4, 0.5) is 0 Å². The average Bonchev–Trinajstić information content (AvgIpc) is 3.65. The van der Waals surface area contributed by atoms with Crippen LogP contribution in [-0.2, 0) is 31.5 Å². The molecule has 0 radical (unpaired) electrons. The first-order valence-electron chi connectivity index (χ1n) is 19.6. The van der Waals surface area contributed by atoms with Gasteiger partial charge in [-0.05, 0) is 92.4 Å². The van der Waals surface area contributed by atoms with Crippen molar-refractivity contribution < 1.29 is 8.42 Å². The fraction of sp³-hybridized carbons (Fsp3) is 0.333. The molecule has 0 aliphatic rings. The van der Waals surface area contributed by atoms with Crippen molar-refractivity contribution in [3.05, 3.63) is 120 Å². The van der Waals surface area contributed by atoms with E-state index in [0.29, 0.717) is 11.6 Å². The lowest BCUT2D eigenvalue weighted by molar-refractivity contribution is 0.586. The van der Waals surface area contributed by atoms with Crippen molar-refractivity contribution in [2.45, 2.75) is 115 Å². The Kier molecular flexibility index (Phi) is 8.64. The molecule has 292 valence electrons. The van der Waals surface area contributed by atoms with E-state index in [2.05, 4.69) is 175 Å². The highest BCUT2D eigenvalue weighted by Crippen LogP contribution is 2.39. The summed E-state index contributed by atoms with van der Waals surface area (Å²) in [5, 5.41) is 4.07. The fourth-order valence-corrected chi connectivity index (χ4v) is 8.62. The predicted molar refractivity (Wildman–Crippen MR) is 233 cm³/mol. The molecule has 0 saturated carbocycles. The number of hydrogen-bond donors (Lipinski definition) is 0. The van der Waals surface area contributed by atoms with Crippen molar-refractivity contribution in [2.24, 2.45) is 0 Å². The summed E-state index contributed by atoms with van der Waals surface area (Å²) in [5.41, 5.74) is 8.72. The smallest absolute Gasteiger partial charge is 0.244 e. The topological polar surface area (TPSA) is 95.6 Å². The minimum Gasteiger partial charge on any atom is -0.293 e. The molecule has 0 unspecified atom stereocenters.